The van der Waals surface area contributed by atoms with Crippen molar-refractivity contribution in [2.45, 2.75) is 46.3 Å². The fraction of sp³-hybridized carbons (Fsp3) is 0.0787. The second-order valence-corrected chi connectivity index (χ2v) is 26.3. The van der Waals surface area contributed by atoms with E-state index in [-0.39, 0.29) is 7.43 Å². The Labute approximate surface area is 579 Å². The van der Waals surface area contributed by atoms with E-state index in [2.05, 4.69) is 262 Å². The number of benzene rings is 14. The van der Waals surface area contributed by atoms with Crippen LogP contribution in [0.25, 0.3) is 165 Å². The molecule has 5 heterocycles. The third-order valence-corrected chi connectivity index (χ3v) is 19.8. The van der Waals surface area contributed by atoms with Gasteiger partial charge in [-0.3, -0.25) is 0 Å². The third kappa shape index (κ3) is 11.1. The molecule has 0 radical (unpaired) electrons. The molecule has 0 N–H and O–H groups in total. The van der Waals surface area contributed by atoms with E-state index in [9.17, 15) is 0 Å². The SMILES string of the molecule is C.CC1(C)OB(c2cccc(-c3nc4ccccc4c4c5ccccc5c5ccccc5c34)c2)OC1(C)C.Clc1nc(-c2ccccc2)nc2ccccc12.c1ccc(-c2nc(-c3cccc(-c4nc5ccccc5c5c6ccccc6c6ccccc6c45)c3)c3ccccc3n2)cc1. The summed E-state index contributed by atoms with van der Waals surface area (Å²) in [4.78, 5) is 29.5. The number of aromatic nitrogens is 6. The molecule has 0 atom stereocenters. The fourth-order valence-electron chi connectivity index (χ4n) is 14.1. The Hall–Kier alpha value is -11.6. The molecule has 0 aliphatic carbocycles. The molecule has 1 fully saturated rings. The molecule has 10 heteroatoms. The number of hydrogen-bond acceptors (Lipinski definition) is 8. The Morgan fingerprint density at radius 3 is 1.03 bits per heavy atom. The molecule has 99 heavy (non-hydrogen) atoms. The first-order valence-electron chi connectivity index (χ1n) is 33.1. The zero-order valence-electron chi connectivity index (χ0n) is 54.3. The molecule has 0 spiro atoms. The standard InChI is InChI=1S/C41H25N3.C33H28BNO2.C14H9ClN2.CH4/c1-2-13-26(14-3-1)41-43-36-24-11-9-22-34(36)39(44-41)27-15-12-16-28(25-27)40-38-32-20-7-5-18-30(32)29-17-4-6-19-31(29)37(38)33-21-8-10-23-35(33)42-40;1-32(2)33(3,4)37-34(36-32)22-13-11-12-21(20-22)31-30-26-17-8-6-15-24(26)23-14-5-7-16-25(23)29(30)27-18-9-10-19-28(27)35-31;15-13-11-8-4-5-9-12(11)16-14(17-13)10-6-2-1-3-7-10;/h1-25H;5-20H,1-4H3;1-9H;1H4. The molecule has 0 amide bonds. The van der Waals surface area contributed by atoms with Gasteiger partial charge < -0.3 is 9.31 Å². The lowest BCUT2D eigenvalue weighted by Crippen LogP contribution is -2.41. The Bertz CT molecular complexity index is 6170. The smallest absolute Gasteiger partial charge is 0.399 e. The van der Waals surface area contributed by atoms with Crippen LogP contribution in [0.15, 0.2) is 303 Å². The van der Waals surface area contributed by atoms with Gasteiger partial charge in [0.15, 0.2) is 11.6 Å². The van der Waals surface area contributed by atoms with Gasteiger partial charge in [0, 0.05) is 70.9 Å². The van der Waals surface area contributed by atoms with Gasteiger partial charge >= 0.3 is 7.12 Å². The summed E-state index contributed by atoms with van der Waals surface area (Å²) < 4.78 is 12.8. The van der Waals surface area contributed by atoms with Gasteiger partial charge in [0.25, 0.3) is 0 Å². The van der Waals surface area contributed by atoms with Crippen LogP contribution < -0.4 is 5.46 Å². The highest BCUT2D eigenvalue weighted by Gasteiger charge is 2.51. The van der Waals surface area contributed by atoms with Crippen LogP contribution in [0.3, 0.4) is 0 Å². The number of hydrogen-bond donors (Lipinski definition) is 0. The summed E-state index contributed by atoms with van der Waals surface area (Å²) in [7, 11) is -0.422. The predicted octanol–water partition coefficient (Wildman–Crippen LogP) is 22.9. The zero-order chi connectivity index (χ0) is 66.1. The van der Waals surface area contributed by atoms with Gasteiger partial charge in [-0.25, -0.2) is 29.9 Å². The van der Waals surface area contributed by atoms with Crippen molar-refractivity contribution >= 4 is 132 Å². The number of nitrogens with zero attached hydrogens (tertiary/aromatic N) is 6. The summed E-state index contributed by atoms with van der Waals surface area (Å²) in [5.41, 5.74) is 12.0. The number of rotatable bonds is 6. The first kappa shape index (κ1) is 62.2. The maximum Gasteiger partial charge on any atom is 0.494 e. The molecule has 1 saturated heterocycles. The van der Waals surface area contributed by atoms with E-state index in [1.54, 1.807) is 0 Å². The highest BCUT2D eigenvalue weighted by Crippen LogP contribution is 2.46. The lowest BCUT2D eigenvalue weighted by Gasteiger charge is -2.32. The van der Waals surface area contributed by atoms with Crippen molar-refractivity contribution in [3.63, 3.8) is 0 Å². The minimum Gasteiger partial charge on any atom is -0.399 e. The molecule has 19 rings (SSSR count). The second-order valence-electron chi connectivity index (χ2n) is 25.9. The van der Waals surface area contributed by atoms with Crippen LogP contribution in [-0.2, 0) is 9.31 Å². The Balaban J connectivity index is 0.000000125. The molecule has 0 saturated carbocycles. The molecule has 14 aromatic carbocycles. The highest BCUT2D eigenvalue weighted by molar-refractivity contribution is 6.62. The Morgan fingerprint density at radius 2 is 0.576 bits per heavy atom. The van der Waals surface area contributed by atoms with Crippen molar-refractivity contribution in [3.05, 3.63) is 308 Å². The van der Waals surface area contributed by atoms with Crippen molar-refractivity contribution in [3.8, 4) is 56.5 Å². The highest BCUT2D eigenvalue weighted by atomic mass is 35.5. The largest absolute Gasteiger partial charge is 0.494 e. The molecule has 0 bridgehead atoms. The van der Waals surface area contributed by atoms with Crippen LogP contribution >= 0.6 is 11.6 Å². The van der Waals surface area contributed by atoms with Crippen molar-refractivity contribution in [1.82, 2.24) is 29.9 Å². The summed E-state index contributed by atoms with van der Waals surface area (Å²) in [5.74, 6) is 1.38. The van der Waals surface area contributed by atoms with Crippen LogP contribution in [0.5, 0.6) is 0 Å². The van der Waals surface area contributed by atoms with Gasteiger partial charge in [-0.2, -0.15) is 0 Å². The van der Waals surface area contributed by atoms with Crippen molar-refractivity contribution in [2.24, 2.45) is 0 Å². The van der Waals surface area contributed by atoms with E-state index >= 15 is 0 Å². The molecular weight excluding hydrogens is 1230 g/mol. The summed E-state index contributed by atoms with van der Waals surface area (Å²) in [5, 5.41) is 19.5. The van der Waals surface area contributed by atoms with Gasteiger partial charge in [0.05, 0.1) is 50.4 Å². The number of para-hydroxylation sites is 4. The Morgan fingerprint density at radius 1 is 0.263 bits per heavy atom. The van der Waals surface area contributed by atoms with Gasteiger partial charge in [-0.15, -0.1) is 0 Å². The maximum absolute atomic E-state index is 6.38. The minimum absolute atomic E-state index is 0. The van der Waals surface area contributed by atoms with Crippen molar-refractivity contribution < 1.29 is 9.31 Å². The fourth-order valence-corrected chi connectivity index (χ4v) is 14.3. The van der Waals surface area contributed by atoms with E-state index < -0.39 is 18.3 Å². The molecule has 18 aromatic rings. The van der Waals surface area contributed by atoms with Crippen molar-refractivity contribution in [2.75, 3.05) is 0 Å². The van der Waals surface area contributed by atoms with Gasteiger partial charge in [-0.05, 0) is 113 Å². The van der Waals surface area contributed by atoms with Crippen LogP contribution in [-0.4, -0.2) is 48.2 Å². The average Bonchev–Trinajstić information content (AvgIpc) is 0.770. The van der Waals surface area contributed by atoms with Crippen LogP contribution in [0, 0.1) is 0 Å². The first-order valence-corrected chi connectivity index (χ1v) is 33.5. The van der Waals surface area contributed by atoms with Gasteiger partial charge in [0.2, 0.25) is 0 Å². The Kier molecular flexibility index (Phi) is 16.0. The zero-order valence-corrected chi connectivity index (χ0v) is 55.1. The van der Waals surface area contributed by atoms with E-state index in [1.807, 2.05) is 78.9 Å². The van der Waals surface area contributed by atoms with Gasteiger partial charge in [-0.1, -0.05) is 286 Å². The van der Waals surface area contributed by atoms with Crippen LogP contribution in [0.1, 0.15) is 35.1 Å². The molecule has 474 valence electrons. The van der Waals surface area contributed by atoms with Crippen molar-refractivity contribution in [1.29, 1.82) is 0 Å². The summed E-state index contributed by atoms with van der Waals surface area (Å²) in [6.45, 7) is 8.36. The average molecular weight is 1300 g/mol. The lowest BCUT2D eigenvalue weighted by molar-refractivity contribution is 0.00578. The second kappa shape index (κ2) is 25.4. The number of halogens is 1. The predicted molar refractivity (Wildman–Crippen MR) is 416 cm³/mol. The quantitative estimate of drug-likeness (QED) is 0.0923. The van der Waals surface area contributed by atoms with Crippen LogP contribution in [0.2, 0.25) is 5.15 Å². The number of fused-ring (bicyclic) bond motifs is 18. The summed E-state index contributed by atoms with van der Waals surface area (Å²) in [6.07, 6.45) is 0. The molecule has 1 aliphatic rings. The maximum atomic E-state index is 6.38. The normalized spacial score (nSPS) is 13.3. The van der Waals surface area contributed by atoms with E-state index in [4.69, 9.17) is 40.8 Å². The summed E-state index contributed by atoms with van der Waals surface area (Å²) in [6, 6.07) is 105. The molecule has 4 aromatic heterocycles. The monoisotopic (exact) mass is 1300 g/mol. The number of pyridine rings is 2. The van der Waals surface area contributed by atoms with E-state index in [0.717, 1.165) is 89.0 Å². The first-order chi connectivity index (χ1) is 48.0. The molecule has 0 unspecified atom stereocenters. The van der Waals surface area contributed by atoms with E-state index in [1.165, 1.54) is 75.4 Å². The topological polar surface area (TPSA) is 95.8 Å². The summed E-state index contributed by atoms with van der Waals surface area (Å²) >= 11 is 6.16. The molecule has 8 nitrogen and oxygen atoms in total. The van der Waals surface area contributed by atoms with Crippen LogP contribution in [0.4, 0.5) is 0 Å². The lowest BCUT2D eigenvalue weighted by atomic mass is 9.78. The minimum atomic E-state index is -0.422. The molecular formula is C89H66BClN6O2. The third-order valence-electron chi connectivity index (χ3n) is 19.5. The van der Waals surface area contributed by atoms with E-state index in [0.29, 0.717) is 11.0 Å². The van der Waals surface area contributed by atoms with Gasteiger partial charge in [0.1, 0.15) is 5.15 Å². The molecule has 1 aliphatic heterocycles.